The Bertz CT molecular complexity index is 423. The molecule has 0 amide bonds. The van der Waals surface area contributed by atoms with Crippen molar-refractivity contribution in [2.45, 2.75) is 26.2 Å². The highest BCUT2D eigenvalue weighted by molar-refractivity contribution is 5.49. The number of nitrogens with zero attached hydrogens (tertiary/aromatic N) is 3. The van der Waals surface area contributed by atoms with Crippen LogP contribution in [0.1, 0.15) is 26.3 Å². The molecule has 13 heavy (non-hydrogen) atoms. The summed E-state index contributed by atoms with van der Waals surface area (Å²) in [6, 6.07) is 1.88. The molecule has 0 aliphatic carbocycles. The normalized spacial score (nSPS) is 12.2. The van der Waals surface area contributed by atoms with Crippen LogP contribution in [0.4, 0.5) is 0 Å². The Balaban J connectivity index is 2.72. The first-order valence-electron chi connectivity index (χ1n) is 4.38. The molecule has 0 atom stereocenters. The van der Waals surface area contributed by atoms with Crippen LogP contribution in [0.2, 0.25) is 0 Å². The van der Waals surface area contributed by atoms with E-state index in [1.165, 1.54) is 5.56 Å². The average molecular weight is 175 g/mol. The zero-order chi connectivity index (χ0) is 9.47. The molecule has 2 aromatic rings. The minimum absolute atomic E-state index is 0.107. The first-order valence-corrected chi connectivity index (χ1v) is 4.38. The highest BCUT2D eigenvalue weighted by atomic mass is 15.2. The standard InChI is InChI=1S/C10H13N3/c1-10(2,3)8-7-12-13-6-4-5-11-9(8)13/h4-7H,1-3H3. The lowest BCUT2D eigenvalue weighted by molar-refractivity contribution is 0.594. The molecule has 2 aromatic heterocycles. The van der Waals surface area contributed by atoms with Crippen LogP contribution in [-0.4, -0.2) is 14.6 Å². The van der Waals surface area contributed by atoms with E-state index < -0.39 is 0 Å². The van der Waals surface area contributed by atoms with Gasteiger partial charge in [0.1, 0.15) is 0 Å². The molecule has 0 aliphatic rings. The molecule has 2 rings (SSSR count). The van der Waals surface area contributed by atoms with Crippen LogP contribution < -0.4 is 0 Å². The lowest BCUT2D eigenvalue weighted by Gasteiger charge is -2.15. The van der Waals surface area contributed by atoms with E-state index in [0.29, 0.717) is 0 Å². The van der Waals surface area contributed by atoms with Crippen molar-refractivity contribution >= 4 is 5.65 Å². The van der Waals surface area contributed by atoms with Crippen LogP contribution in [0, 0.1) is 0 Å². The summed E-state index contributed by atoms with van der Waals surface area (Å²) in [7, 11) is 0. The number of aromatic nitrogens is 3. The zero-order valence-electron chi connectivity index (χ0n) is 8.15. The Hall–Kier alpha value is -1.38. The molecule has 0 aromatic carbocycles. The van der Waals surface area contributed by atoms with E-state index >= 15 is 0 Å². The molecule has 0 aliphatic heterocycles. The van der Waals surface area contributed by atoms with Crippen LogP contribution in [0.15, 0.2) is 24.7 Å². The molecule has 68 valence electrons. The van der Waals surface area contributed by atoms with Crippen LogP contribution >= 0.6 is 0 Å². The molecule has 0 saturated heterocycles. The van der Waals surface area contributed by atoms with Crippen molar-refractivity contribution in [1.82, 2.24) is 14.6 Å². The highest BCUT2D eigenvalue weighted by Crippen LogP contribution is 2.24. The summed E-state index contributed by atoms with van der Waals surface area (Å²) >= 11 is 0. The molecule has 3 nitrogen and oxygen atoms in total. The Morgan fingerprint density at radius 2 is 2.08 bits per heavy atom. The predicted molar refractivity (Wildman–Crippen MR) is 51.7 cm³/mol. The Morgan fingerprint density at radius 3 is 2.77 bits per heavy atom. The van der Waals surface area contributed by atoms with E-state index in [0.717, 1.165) is 5.65 Å². The molecule has 0 bridgehead atoms. The maximum absolute atomic E-state index is 4.31. The van der Waals surface area contributed by atoms with Crippen LogP contribution in [0.5, 0.6) is 0 Å². The predicted octanol–water partition coefficient (Wildman–Crippen LogP) is 2.03. The van der Waals surface area contributed by atoms with Gasteiger partial charge in [0.25, 0.3) is 0 Å². The quantitative estimate of drug-likeness (QED) is 0.613. The van der Waals surface area contributed by atoms with Gasteiger partial charge in [-0.15, -0.1) is 0 Å². The van der Waals surface area contributed by atoms with Gasteiger partial charge in [0.05, 0.1) is 6.20 Å². The topological polar surface area (TPSA) is 30.2 Å². The van der Waals surface area contributed by atoms with Crippen molar-refractivity contribution in [2.24, 2.45) is 0 Å². The minimum Gasteiger partial charge on any atom is -0.237 e. The second-order valence-electron chi connectivity index (χ2n) is 4.20. The first-order chi connectivity index (χ1) is 6.09. The molecule has 0 radical (unpaired) electrons. The molecule has 3 heteroatoms. The monoisotopic (exact) mass is 175 g/mol. The number of hydrogen-bond donors (Lipinski definition) is 0. The van der Waals surface area contributed by atoms with Gasteiger partial charge in [-0.2, -0.15) is 5.10 Å². The Labute approximate surface area is 77.4 Å². The van der Waals surface area contributed by atoms with Gasteiger partial charge in [0.15, 0.2) is 5.65 Å². The van der Waals surface area contributed by atoms with Gasteiger partial charge in [0, 0.05) is 18.0 Å². The van der Waals surface area contributed by atoms with Crippen LogP contribution in [0.25, 0.3) is 5.65 Å². The smallest absolute Gasteiger partial charge is 0.158 e. The van der Waals surface area contributed by atoms with Crippen molar-refractivity contribution in [3.05, 3.63) is 30.2 Å². The van der Waals surface area contributed by atoms with Gasteiger partial charge in [-0.3, -0.25) is 0 Å². The summed E-state index contributed by atoms with van der Waals surface area (Å²) in [4.78, 5) is 4.31. The highest BCUT2D eigenvalue weighted by Gasteiger charge is 2.19. The first kappa shape index (κ1) is 8.23. The fourth-order valence-corrected chi connectivity index (χ4v) is 1.36. The zero-order valence-corrected chi connectivity index (χ0v) is 8.15. The summed E-state index contributed by atoms with van der Waals surface area (Å²) in [5.74, 6) is 0. The van der Waals surface area contributed by atoms with E-state index in [9.17, 15) is 0 Å². The molecule has 0 spiro atoms. The molecule has 0 unspecified atom stereocenters. The summed E-state index contributed by atoms with van der Waals surface area (Å²) in [5, 5.41) is 4.24. The van der Waals surface area contributed by atoms with Gasteiger partial charge >= 0.3 is 0 Å². The van der Waals surface area contributed by atoms with Crippen LogP contribution in [-0.2, 0) is 5.41 Å². The van der Waals surface area contributed by atoms with E-state index in [4.69, 9.17) is 0 Å². The molecule has 2 heterocycles. The van der Waals surface area contributed by atoms with Gasteiger partial charge in [-0.1, -0.05) is 20.8 Å². The molecular weight excluding hydrogens is 162 g/mol. The maximum Gasteiger partial charge on any atom is 0.158 e. The summed E-state index contributed by atoms with van der Waals surface area (Å²) in [5.41, 5.74) is 2.25. The molecule has 0 fully saturated rings. The van der Waals surface area contributed by atoms with Crippen molar-refractivity contribution in [2.75, 3.05) is 0 Å². The van der Waals surface area contributed by atoms with Crippen molar-refractivity contribution in [1.29, 1.82) is 0 Å². The van der Waals surface area contributed by atoms with Crippen LogP contribution in [0.3, 0.4) is 0 Å². The van der Waals surface area contributed by atoms with E-state index in [-0.39, 0.29) is 5.41 Å². The van der Waals surface area contributed by atoms with Gasteiger partial charge in [0.2, 0.25) is 0 Å². The third-order valence-electron chi connectivity index (χ3n) is 2.09. The van der Waals surface area contributed by atoms with Crippen molar-refractivity contribution in [3.8, 4) is 0 Å². The molecule has 0 saturated carbocycles. The van der Waals surface area contributed by atoms with Gasteiger partial charge < -0.3 is 0 Å². The van der Waals surface area contributed by atoms with Crippen molar-refractivity contribution in [3.63, 3.8) is 0 Å². The lowest BCUT2D eigenvalue weighted by Crippen LogP contribution is -2.10. The van der Waals surface area contributed by atoms with E-state index in [1.54, 1.807) is 10.7 Å². The number of hydrogen-bond acceptors (Lipinski definition) is 2. The number of rotatable bonds is 0. The third kappa shape index (κ3) is 1.30. The average Bonchev–Trinajstić information content (AvgIpc) is 2.45. The third-order valence-corrected chi connectivity index (χ3v) is 2.09. The Morgan fingerprint density at radius 1 is 1.31 bits per heavy atom. The van der Waals surface area contributed by atoms with Gasteiger partial charge in [-0.25, -0.2) is 9.50 Å². The Kier molecular flexibility index (Phi) is 1.62. The molecule has 0 N–H and O–H groups in total. The second-order valence-corrected chi connectivity index (χ2v) is 4.20. The summed E-state index contributed by atoms with van der Waals surface area (Å²) < 4.78 is 1.81. The maximum atomic E-state index is 4.31. The SMILES string of the molecule is CC(C)(C)c1cnn2cccnc12. The second kappa shape index (κ2) is 2.55. The summed E-state index contributed by atoms with van der Waals surface area (Å²) in [6.45, 7) is 6.50. The lowest BCUT2D eigenvalue weighted by atomic mass is 9.89. The number of fused-ring (bicyclic) bond motifs is 1. The minimum atomic E-state index is 0.107. The summed E-state index contributed by atoms with van der Waals surface area (Å²) in [6.07, 6.45) is 5.60. The van der Waals surface area contributed by atoms with Crippen molar-refractivity contribution < 1.29 is 0 Å². The fraction of sp³-hybridized carbons (Fsp3) is 0.400. The van der Waals surface area contributed by atoms with E-state index in [2.05, 4.69) is 30.9 Å². The largest absolute Gasteiger partial charge is 0.237 e. The van der Waals surface area contributed by atoms with Gasteiger partial charge in [-0.05, 0) is 11.5 Å². The fourth-order valence-electron chi connectivity index (χ4n) is 1.36. The molecular formula is C10H13N3. The van der Waals surface area contributed by atoms with E-state index in [1.807, 2.05) is 18.5 Å².